The van der Waals surface area contributed by atoms with Gasteiger partial charge in [-0.2, -0.15) is 5.10 Å². The molecule has 4 rings (SSSR count). The molecule has 0 atom stereocenters. The molecule has 1 saturated heterocycles. The SMILES string of the molecule is COc1ccc(Cn2nc(C)c3cc(B4OC(C)(C)C(C)(C)O4)cnc32)cc1. The Morgan fingerprint density at radius 3 is 2.32 bits per heavy atom. The van der Waals surface area contributed by atoms with Gasteiger partial charge in [0.15, 0.2) is 5.65 Å². The van der Waals surface area contributed by atoms with E-state index in [1.165, 1.54) is 0 Å². The number of fused-ring (bicyclic) bond motifs is 1. The van der Waals surface area contributed by atoms with Gasteiger partial charge in [-0.3, -0.25) is 0 Å². The van der Waals surface area contributed by atoms with Crippen LogP contribution in [0.4, 0.5) is 0 Å². The van der Waals surface area contributed by atoms with Crippen LogP contribution in [0.2, 0.25) is 0 Å². The van der Waals surface area contributed by atoms with Crippen molar-refractivity contribution in [3.63, 3.8) is 0 Å². The van der Waals surface area contributed by atoms with Crippen molar-refractivity contribution in [1.82, 2.24) is 14.8 Å². The van der Waals surface area contributed by atoms with Gasteiger partial charge in [-0.25, -0.2) is 9.67 Å². The molecular formula is C21H26BN3O3. The van der Waals surface area contributed by atoms with Gasteiger partial charge in [0.05, 0.1) is 30.6 Å². The van der Waals surface area contributed by atoms with Crippen LogP contribution in [0, 0.1) is 6.92 Å². The van der Waals surface area contributed by atoms with Crippen LogP contribution in [0.3, 0.4) is 0 Å². The van der Waals surface area contributed by atoms with E-state index in [0.717, 1.165) is 33.5 Å². The van der Waals surface area contributed by atoms with E-state index in [0.29, 0.717) is 6.54 Å². The molecule has 1 aliphatic rings. The zero-order valence-corrected chi connectivity index (χ0v) is 17.3. The number of methoxy groups -OCH3 is 1. The Morgan fingerprint density at radius 1 is 1.07 bits per heavy atom. The van der Waals surface area contributed by atoms with Gasteiger partial charge in [0.1, 0.15) is 5.75 Å². The Balaban J connectivity index is 1.64. The fraction of sp³-hybridized carbons (Fsp3) is 0.429. The number of nitrogens with zero attached hydrogens (tertiary/aromatic N) is 3. The van der Waals surface area contributed by atoms with E-state index in [-0.39, 0.29) is 11.2 Å². The summed E-state index contributed by atoms with van der Waals surface area (Å²) in [4.78, 5) is 4.69. The van der Waals surface area contributed by atoms with Crippen molar-refractivity contribution >= 4 is 23.6 Å². The Kier molecular flexibility index (Phi) is 4.47. The van der Waals surface area contributed by atoms with Gasteiger partial charge in [0.2, 0.25) is 0 Å². The van der Waals surface area contributed by atoms with Gasteiger partial charge in [-0.1, -0.05) is 12.1 Å². The molecule has 0 unspecified atom stereocenters. The molecule has 6 nitrogen and oxygen atoms in total. The van der Waals surface area contributed by atoms with Crippen molar-refractivity contribution in [2.45, 2.75) is 52.4 Å². The van der Waals surface area contributed by atoms with Crippen molar-refractivity contribution in [2.75, 3.05) is 7.11 Å². The van der Waals surface area contributed by atoms with Crippen LogP contribution in [-0.4, -0.2) is 40.2 Å². The monoisotopic (exact) mass is 379 g/mol. The topological polar surface area (TPSA) is 58.4 Å². The van der Waals surface area contributed by atoms with Gasteiger partial charge in [0, 0.05) is 17.0 Å². The third-order valence-electron chi connectivity index (χ3n) is 5.81. The summed E-state index contributed by atoms with van der Waals surface area (Å²) in [5.74, 6) is 0.843. The lowest BCUT2D eigenvalue weighted by atomic mass is 9.80. The highest BCUT2D eigenvalue weighted by Gasteiger charge is 2.51. The first-order valence-electron chi connectivity index (χ1n) is 9.52. The van der Waals surface area contributed by atoms with Crippen LogP contribution in [0.15, 0.2) is 36.5 Å². The summed E-state index contributed by atoms with van der Waals surface area (Å²) in [7, 11) is 1.24. The first-order valence-corrected chi connectivity index (χ1v) is 9.52. The van der Waals surface area contributed by atoms with Crippen molar-refractivity contribution in [2.24, 2.45) is 0 Å². The minimum Gasteiger partial charge on any atom is -0.497 e. The van der Waals surface area contributed by atoms with Gasteiger partial charge in [-0.05, 0) is 58.4 Å². The first-order chi connectivity index (χ1) is 13.2. The van der Waals surface area contributed by atoms with Crippen LogP contribution in [0.1, 0.15) is 39.0 Å². The van der Waals surface area contributed by atoms with Crippen LogP contribution < -0.4 is 10.2 Å². The highest BCUT2D eigenvalue weighted by Crippen LogP contribution is 2.36. The van der Waals surface area contributed by atoms with Crippen molar-refractivity contribution in [3.05, 3.63) is 47.8 Å². The highest BCUT2D eigenvalue weighted by atomic mass is 16.7. The number of hydrogen-bond acceptors (Lipinski definition) is 5. The summed E-state index contributed by atoms with van der Waals surface area (Å²) in [6.45, 7) is 10.9. The van der Waals surface area contributed by atoms with E-state index in [4.69, 9.17) is 19.1 Å². The predicted octanol–water partition coefficient (Wildman–Crippen LogP) is 3.10. The molecule has 0 spiro atoms. The van der Waals surface area contributed by atoms with Crippen LogP contribution in [0.25, 0.3) is 11.0 Å². The average Bonchev–Trinajstić information content (AvgIpc) is 3.08. The molecule has 1 aliphatic heterocycles. The van der Waals surface area contributed by atoms with E-state index in [2.05, 4.69) is 38.7 Å². The van der Waals surface area contributed by atoms with E-state index >= 15 is 0 Å². The quantitative estimate of drug-likeness (QED) is 0.652. The maximum atomic E-state index is 6.16. The number of aromatic nitrogens is 3. The minimum atomic E-state index is -0.425. The number of aryl methyl sites for hydroxylation is 1. The van der Waals surface area contributed by atoms with E-state index in [1.54, 1.807) is 7.11 Å². The fourth-order valence-corrected chi connectivity index (χ4v) is 3.35. The van der Waals surface area contributed by atoms with Crippen molar-refractivity contribution in [3.8, 4) is 5.75 Å². The zero-order valence-electron chi connectivity index (χ0n) is 17.3. The molecule has 0 saturated carbocycles. The third-order valence-corrected chi connectivity index (χ3v) is 5.81. The number of hydrogen-bond donors (Lipinski definition) is 0. The molecule has 28 heavy (non-hydrogen) atoms. The fourth-order valence-electron chi connectivity index (χ4n) is 3.35. The summed E-state index contributed by atoms with van der Waals surface area (Å²) < 4.78 is 19.5. The van der Waals surface area contributed by atoms with Gasteiger partial charge in [-0.15, -0.1) is 0 Å². The lowest BCUT2D eigenvalue weighted by Gasteiger charge is -2.32. The summed E-state index contributed by atoms with van der Waals surface area (Å²) in [6, 6.07) is 10.1. The predicted molar refractivity (Wildman–Crippen MR) is 110 cm³/mol. The minimum absolute atomic E-state index is 0.375. The molecule has 1 aromatic carbocycles. The van der Waals surface area contributed by atoms with Crippen LogP contribution >= 0.6 is 0 Å². The molecule has 3 heterocycles. The van der Waals surface area contributed by atoms with E-state index < -0.39 is 7.12 Å². The molecule has 0 bridgehead atoms. The Labute approximate surface area is 166 Å². The number of ether oxygens (including phenoxy) is 1. The highest BCUT2D eigenvalue weighted by molar-refractivity contribution is 6.62. The molecule has 1 fully saturated rings. The summed E-state index contributed by atoms with van der Waals surface area (Å²) in [5, 5.41) is 5.71. The molecule has 146 valence electrons. The molecule has 0 N–H and O–H groups in total. The standard InChI is InChI=1S/C21H26BN3O3/c1-14-18-11-16(22-27-20(2,3)21(4,5)28-22)12-23-19(18)25(24-14)13-15-7-9-17(26-6)10-8-15/h7-12H,13H2,1-6H3. The largest absolute Gasteiger partial charge is 0.497 e. The molecule has 0 aliphatic carbocycles. The molecule has 7 heteroatoms. The normalized spacial score (nSPS) is 18.0. The van der Waals surface area contributed by atoms with Gasteiger partial charge < -0.3 is 14.0 Å². The Morgan fingerprint density at radius 2 is 1.71 bits per heavy atom. The summed E-state index contributed by atoms with van der Waals surface area (Å²) >= 11 is 0. The zero-order chi connectivity index (χ0) is 20.1. The molecule has 2 aromatic heterocycles. The van der Waals surface area contributed by atoms with E-state index in [9.17, 15) is 0 Å². The first kappa shape index (κ1) is 19.0. The number of benzene rings is 1. The van der Waals surface area contributed by atoms with Gasteiger partial charge in [0.25, 0.3) is 0 Å². The second kappa shape index (κ2) is 6.60. The Bertz CT molecular complexity index is 996. The lowest BCUT2D eigenvalue weighted by Crippen LogP contribution is -2.41. The van der Waals surface area contributed by atoms with Crippen molar-refractivity contribution < 1.29 is 14.0 Å². The maximum absolute atomic E-state index is 6.16. The molecule has 0 amide bonds. The molecular weight excluding hydrogens is 353 g/mol. The number of rotatable bonds is 4. The van der Waals surface area contributed by atoms with Crippen molar-refractivity contribution in [1.29, 1.82) is 0 Å². The van der Waals surface area contributed by atoms with Crippen LogP contribution in [-0.2, 0) is 15.9 Å². The second-order valence-electron chi connectivity index (χ2n) is 8.32. The Hall–Kier alpha value is -2.38. The number of pyridine rings is 1. The second-order valence-corrected chi connectivity index (χ2v) is 8.32. The maximum Gasteiger partial charge on any atom is 0.496 e. The lowest BCUT2D eigenvalue weighted by molar-refractivity contribution is 0.00578. The summed E-state index contributed by atoms with van der Waals surface area (Å²) in [6.07, 6.45) is 1.83. The van der Waals surface area contributed by atoms with Crippen LogP contribution in [0.5, 0.6) is 5.75 Å². The van der Waals surface area contributed by atoms with E-state index in [1.807, 2.05) is 42.1 Å². The van der Waals surface area contributed by atoms with Gasteiger partial charge >= 0.3 is 7.12 Å². The smallest absolute Gasteiger partial charge is 0.496 e. The average molecular weight is 379 g/mol. The summed E-state index contributed by atoms with van der Waals surface area (Å²) in [5.41, 5.74) is 3.10. The molecule has 0 radical (unpaired) electrons. The molecule has 3 aromatic rings. The third kappa shape index (κ3) is 3.18.